The molecule has 0 radical (unpaired) electrons. The second-order valence-electron chi connectivity index (χ2n) is 3.63. The maximum Gasteiger partial charge on any atom is 0.0764 e. The molecule has 0 saturated carbocycles. The maximum absolute atomic E-state index is 6.30. The van der Waals surface area contributed by atoms with Crippen LogP contribution in [0.3, 0.4) is 0 Å². The average molecular weight is 459 g/mol. The number of aryl methyl sites for hydroxylation is 1. The van der Waals surface area contributed by atoms with Gasteiger partial charge in [-0.1, -0.05) is 59.4 Å². The molecule has 1 heterocycles. The number of hydrogen-bond donors (Lipinski definition) is 0. The molecule has 0 aliphatic heterocycles. The molecule has 0 bridgehead atoms. The molecule has 1 aromatic heterocycles. The molecule has 2 rings (SSSR count). The van der Waals surface area contributed by atoms with E-state index in [4.69, 9.17) is 11.6 Å². The fourth-order valence-electron chi connectivity index (χ4n) is 1.47. The Hall–Kier alpha value is 0.650. The predicted octanol–water partition coefficient (Wildman–Crippen LogP) is 6.72. The summed E-state index contributed by atoms with van der Waals surface area (Å²) in [7, 11) is 0. The van der Waals surface area contributed by atoms with Gasteiger partial charge in [-0.15, -0.1) is 11.3 Å². The molecule has 0 saturated heterocycles. The van der Waals surface area contributed by atoms with E-state index in [1.54, 1.807) is 11.3 Å². The predicted molar refractivity (Wildman–Crippen MR) is 86.7 cm³/mol. The standard InChI is InChI=1S/C12H8Br3ClS/c1-6-5-17-12(11(6)16)10(15)8-4-7(13)2-3-9(8)14/h2-5,10H,1H3. The molecule has 0 nitrogen and oxygen atoms in total. The van der Waals surface area contributed by atoms with Gasteiger partial charge in [0, 0.05) is 13.8 Å². The van der Waals surface area contributed by atoms with E-state index in [0.29, 0.717) is 0 Å². The Bertz CT molecular complexity index is 551. The summed E-state index contributed by atoms with van der Waals surface area (Å²) >= 11 is 18.8. The highest BCUT2D eigenvalue weighted by Crippen LogP contribution is 2.43. The quantitative estimate of drug-likeness (QED) is 0.438. The lowest BCUT2D eigenvalue weighted by Crippen LogP contribution is -1.92. The largest absolute Gasteiger partial charge is 0.145 e. The average Bonchev–Trinajstić information content (AvgIpc) is 2.62. The van der Waals surface area contributed by atoms with Crippen molar-refractivity contribution in [2.75, 3.05) is 0 Å². The molecule has 0 aliphatic carbocycles. The Labute approximate surface area is 135 Å². The van der Waals surface area contributed by atoms with Gasteiger partial charge in [-0.2, -0.15) is 0 Å². The van der Waals surface area contributed by atoms with Crippen molar-refractivity contribution in [2.45, 2.75) is 11.8 Å². The third kappa shape index (κ3) is 2.98. The molecular formula is C12H8Br3ClS. The molecular weight excluding hydrogens is 451 g/mol. The zero-order valence-electron chi connectivity index (χ0n) is 8.81. The highest BCUT2D eigenvalue weighted by molar-refractivity contribution is 9.11. The number of benzene rings is 1. The summed E-state index contributed by atoms with van der Waals surface area (Å²) in [6, 6.07) is 6.13. The first-order valence-electron chi connectivity index (χ1n) is 4.83. The fraction of sp³-hybridized carbons (Fsp3) is 0.167. The molecule has 2 aromatic rings. The van der Waals surface area contributed by atoms with E-state index in [2.05, 4.69) is 59.2 Å². The second kappa shape index (κ2) is 5.74. The third-order valence-electron chi connectivity index (χ3n) is 2.39. The van der Waals surface area contributed by atoms with E-state index in [1.165, 1.54) is 5.56 Å². The van der Waals surface area contributed by atoms with Crippen molar-refractivity contribution < 1.29 is 0 Å². The summed E-state index contributed by atoms with van der Waals surface area (Å²) < 4.78 is 2.13. The Morgan fingerprint density at radius 3 is 2.59 bits per heavy atom. The summed E-state index contributed by atoms with van der Waals surface area (Å²) in [5.41, 5.74) is 2.30. The first-order valence-corrected chi connectivity index (χ1v) is 8.59. The highest BCUT2D eigenvalue weighted by atomic mass is 79.9. The lowest BCUT2D eigenvalue weighted by atomic mass is 10.1. The van der Waals surface area contributed by atoms with Gasteiger partial charge >= 0.3 is 0 Å². The van der Waals surface area contributed by atoms with Crippen LogP contribution in [0.1, 0.15) is 20.8 Å². The molecule has 0 amide bonds. The van der Waals surface area contributed by atoms with E-state index in [1.807, 2.05) is 19.1 Å². The summed E-state index contributed by atoms with van der Waals surface area (Å²) in [5, 5.41) is 2.93. The van der Waals surface area contributed by atoms with Crippen LogP contribution in [0.2, 0.25) is 5.02 Å². The molecule has 1 atom stereocenters. The van der Waals surface area contributed by atoms with Crippen molar-refractivity contribution >= 4 is 70.7 Å². The molecule has 0 spiro atoms. The van der Waals surface area contributed by atoms with Crippen molar-refractivity contribution in [2.24, 2.45) is 0 Å². The number of hydrogen-bond acceptors (Lipinski definition) is 1. The molecule has 90 valence electrons. The topological polar surface area (TPSA) is 0 Å². The van der Waals surface area contributed by atoms with Crippen LogP contribution in [0.4, 0.5) is 0 Å². The Morgan fingerprint density at radius 1 is 1.29 bits per heavy atom. The lowest BCUT2D eigenvalue weighted by Gasteiger charge is -2.12. The monoisotopic (exact) mass is 456 g/mol. The van der Waals surface area contributed by atoms with Gasteiger partial charge in [-0.3, -0.25) is 0 Å². The summed E-state index contributed by atoms with van der Waals surface area (Å²) in [6.07, 6.45) is 0. The highest BCUT2D eigenvalue weighted by Gasteiger charge is 2.19. The van der Waals surface area contributed by atoms with Crippen LogP contribution in [0.15, 0.2) is 32.5 Å². The van der Waals surface area contributed by atoms with E-state index in [-0.39, 0.29) is 4.83 Å². The van der Waals surface area contributed by atoms with Crippen molar-refractivity contribution in [1.82, 2.24) is 0 Å². The maximum atomic E-state index is 6.30. The van der Waals surface area contributed by atoms with Crippen molar-refractivity contribution in [1.29, 1.82) is 0 Å². The smallest absolute Gasteiger partial charge is 0.0764 e. The minimum atomic E-state index is 0.112. The molecule has 17 heavy (non-hydrogen) atoms. The minimum Gasteiger partial charge on any atom is -0.145 e. The zero-order chi connectivity index (χ0) is 12.6. The molecule has 5 heteroatoms. The van der Waals surface area contributed by atoms with Gasteiger partial charge in [0.25, 0.3) is 0 Å². The molecule has 0 aliphatic rings. The molecule has 0 N–H and O–H groups in total. The van der Waals surface area contributed by atoms with E-state index in [9.17, 15) is 0 Å². The van der Waals surface area contributed by atoms with Crippen molar-refractivity contribution in [3.8, 4) is 0 Å². The summed E-state index contributed by atoms with van der Waals surface area (Å²) in [5.74, 6) is 0. The number of halogens is 4. The Morgan fingerprint density at radius 2 is 2.00 bits per heavy atom. The van der Waals surface area contributed by atoms with E-state index < -0.39 is 0 Å². The lowest BCUT2D eigenvalue weighted by molar-refractivity contribution is 1.20. The van der Waals surface area contributed by atoms with Gasteiger partial charge < -0.3 is 0 Å². The normalized spacial score (nSPS) is 12.8. The first kappa shape index (κ1) is 14.1. The first-order chi connectivity index (χ1) is 8.00. The number of thiophene rings is 1. The van der Waals surface area contributed by atoms with Gasteiger partial charge in [0.1, 0.15) is 0 Å². The van der Waals surface area contributed by atoms with Crippen LogP contribution in [0.25, 0.3) is 0 Å². The van der Waals surface area contributed by atoms with Crippen LogP contribution >= 0.6 is 70.7 Å². The zero-order valence-corrected chi connectivity index (χ0v) is 15.1. The van der Waals surface area contributed by atoms with Crippen molar-refractivity contribution in [3.63, 3.8) is 0 Å². The van der Waals surface area contributed by atoms with Crippen molar-refractivity contribution in [3.05, 3.63) is 53.6 Å². The van der Waals surface area contributed by atoms with Gasteiger partial charge in [0.05, 0.1) is 9.85 Å². The van der Waals surface area contributed by atoms with E-state index >= 15 is 0 Å². The minimum absolute atomic E-state index is 0.112. The van der Waals surface area contributed by atoms with E-state index in [0.717, 1.165) is 24.4 Å². The number of alkyl halides is 1. The Kier molecular flexibility index (Phi) is 4.75. The van der Waals surface area contributed by atoms with Gasteiger partial charge in [-0.05, 0) is 41.6 Å². The number of rotatable bonds is 2. The van der Waals surface area contributed by atoms with Crippen LogP contribution in [0, 0.1) is 6.92 Å². The Balaban J connectivity index is 2.47. The fourth-order valence-corrected chi connectivity index (χ4v) is 4.99. The van der Waals surface area contributed by atoms with Crippen LogP contribution in [0.5, 0.6) is 0 Å². The third-order valence-corrected chi connectivity index (χ3v) is 6.63. The summed E-state index contributed by atoms with van der Waals surface area (Å²) in [6.45, 7) is 2.03. The SMILES string of the molecule is Cc1csc(C(Br)c2cc(Br)ccc2Br)c1Cl. The van der Waals surface area contributed by atoms with Crippen LogP contribution in [-0.4, -0.2) is 0 Å². The summed E-state index contributed by atoms with van der Waals surface area (Å²) in [4.78, 5) is 1.25. The van der Waals surface area contributed by atoms with Crippen LogP contribution in [-0.2, 0) is 0 Å². The van der Waals surface area contributed by atoms with Gasteiger partial charge in [0.15, 0.2) is 0 Å². The molecule has 1 unspecified atom stereocenters. The van der Waals surface area contributed by atoms with Crippen LogP contribution < -0.4 is 0 Å². The van der Waals surface area contributed by atoms with Gasteiger partial charge in [-0.25, -0.2) is 0 Å². The molecule has 1 aromatic carbocycles. The van der Waals surface area contributed by atoms with Gasteiger partial charge in [0.2, 0.25) is 0 Å². The second-order valence-corrected chi connectivity index (χ2v) is 7.60. The molecule has 0 fully saturated rings.